The maximum absolute atomic E-state index is 12.6. The van der Waals surface area contributed by atoms with Crippen LogP contribution in [0.1, 0.15) is 24.2 Å². The maximum atomic E-state index is 12.6. The minimum Gasteiger partial charge on any atom is -0.399 e. The fourth-order valence-corrected chi connectivity index (χ4v) is 3.60. The van der Waals surface area contributed by atoms with Crippen LogP contribution in [0.4, 0.5) is 5.69 Å². The Morgan fingerprint density at radius 2 is 2.22 bits per heavy atom. The number of rotatable bonds is 1. The van der Waals surface area contributed by atoms with Crippen LogP contribution in [0.2, 0.25) is 0 Å². The van der Waals surface area contributed by atoms with Crippen LogP contribution >= 0.6 is 27.7 Å². The van der Waals surface area contributed by atoms with Crippen LogP contribution in [-0.4, -0.2) is 34.4 Å². The second-order valence-corrected chi connectivity index (χ2v) is 6.89. The van der Waals surface area contributed by atoms with Gasteiger partial charge in [-0.25, -0.2) is 0 Å². The van der Waals surface area contributed by atoms with E-state index >= 15 is 0 Å². The number of carbonyl (C=O) groups is 1. The Bertz CT molecular complexity index is 466. The van der Waals surface area contributed by atoms with E-state index in [4.69, 9.17) is 5.73 Å². The third kappa shape index (κ3) is 2.67. The number of thioether (sulfide) groups is 1. The van der Waals surface area contributed by atoms with Gasteiger partial charge in [-0.15, -0.1) is 0 Å². The highest BCUT2D eigenvalue weighted by molar-refractivity contribution is 9.10. The molecule has 0 aromatic heterocycles. The molecule has 3 nitrogen and oxygen atoms in total. The van der Waals surface area contributed by atoms with Crippen molar-refractivity contribution >= 4 is 39.3 Å². The van der Waals surface area contributed by atoms with Gasteiger partial charge in [-0.3, -0.25) is 4.79 Å². The lowest BCUT2D eigenvalue weighted by Gasteiger charge is -2.37. The molecule has 1 heterocycles. The second kappa shape index (κ2) is 5.53. The van der Waals surface area contributed by atoms with Gasteiger partial charge < -0.3 is 10.6 Å². The lowest BCUT2D eigenvalue weighted by atomic mass is 10.1. The van der Waals surface area contributed by atoms with E-state index in [0.29, 0.717) is 16.5 Å². The Morgan fingerprint density at radius 3 is 2.94 bits per heavy atom. The van der Waals surface area contributed by atoms with E-state index in [1.54, 1.807) is 12.1 Å². The third-order valence-electron chi connectivity index (χ3n) is 3.37. The molecule has 2 unspecified atom stereocenters. The van der Waals surface area contributed by atoms with E-state index in [1.807, 2.05) is 22.7 Å². The summed E-state index contributed by atoms with van der Waals surface area (Å²) in [5.41, 5.74) is 7.03. The molecule has 1 fully saturated rings. The number of nitrogens with two attached hydrogens (primary N) is 1. The molecule has 0 saturated carbocycles. The van der Waals surface area contributed by atoms with Crippen LogP contribution in [0.25, 0.3) is 0 Å². The van der Waals surface area contributed by atoms with Crippen molar-refractivity contribution in [2.75, 3.05) is 18.0 Å². The molecule has 1 aliphatic rings. The molecule has 0 aliphatic carbocycles. The minimum atomic E-state index is 0.0637. The normalized spacial score (nSPS) is 24.1. The molecule has 0 bridgehead atoms. The number of anilines is 1. The first kappa shape index (κ1) is 13.7. The zero-order valence-electron chi connectivity index (χ0n) is 10.5. The van der Waals surface area contributed by atoms with E-state index in [-0.39, 0.29) is 11.9 Å². The van der Waals surface area contributed by atoms with E-state index in [9.17, 15) is 4.79 Å². The topological polar surface area (TPSA) is 46.3 Å². The fraction of sp³-hybridized carbons (Fsp3) is 0.462. The number of nitrogen functional groups attached to an aromatic ring is 1. The molecule has 2 rings (SSSR count). The van der Waals surface area contributed by atoms with Gasteiger partial charge >= 0.3 is 0 Å². The first-order valence-electron chi connectivity index (χ1n) is 5.98. The largest absolute Gasteiger partial charge is 0.399 e. The van der Waals surface area contributed by atoms with E-state index < -0.39 is 0 Å². The van der Waals surface area contributed by atoms with Crippen LogP contribution in [0.5, 0.6) is 0 Å². The van der Waals surface area contributed by atoms with E-state index in [1.165, 1.54) is 0 Å². The average molecular weight is 329 g/mol. The Balaban J connectivity index is 2.27. The molecule has 5 heteroatoms. The van der Waals surface area contributed by atoms with Crippen molar-refractivity contribution in [1.29, 1.82) is 0 Å². The summed E-state index contributed by atoms with van der Waals surface area (Å²) in [6, 6.07) is 5.62. The minimum absolute atomic E-state index is 0.0637. The molecule has 1 saturated heterocycles. The smallest absolute Gasteiger partial charge is 0.255 e. The highest BCUT2D eigenvalue weighted by Gasteiger charge is 2.30. The summed E-state index contributed by atoms with van der Waals surface area (Å²) in [5, 5.41) is 0.475. The van der Waals surface area contributed by atoms with Gasteiger partial charge in [-0.1, -0.05) is 6.92 Å². The molecule has 2 N–H and O–H groups in total. The highest BCUT2D eigenvalue weighted by atomic mass is 79.9. The van der Waals surface area contributed by atoms with Crippen molar-refractivity contribution in [3.8, 4) is 0 Å². The number of halogens is 1. The molecule has 18 heavy (non-hydrogen) atoms. The first-order chi connectivity index (χ1) is 8.50. The standard InChI is InChI=1S/C13H17BrN2OS/c1-8-9(2)18-6-5-16(8)13(17)11-7-10(15)3-4-12(11)14/h3-4,7-9H,5-6,15H2,1-2H3. The SMILES string of the molecule is CC1SCCN(C(=O)c2cc(N)ccc2Br)C1C. The van der Waals surface area contributed by atoms with Crippen LogP contribution < -0.4 is 5.73 Å². The van der Waals surface area contributed by atoms with Crippen molar-refractivity contribution in [3.05, 3.63) is 28.2 Å². The van der Waals surface area contributed by atoms with Gasteiger partial charge in [0.1, 0.15) is 0 Å². The molecule has 0 radical (unpaired) electrons. The summed E-state index contributed by atoms with van der Waals surface area (Å²) in [4.78, 5) is 14.5. The molecular formula is C13H17BrN2OS. The lowest BCUT2D eigenvalue weighted by Crippen LogP contribution is -2.48. The molecule has 0 spiro atoms. The van der Waals surface area contributed by atoms with Crippen molar-refractivity contribution in [1.82, 2.24) is 4.90 Å². The highest BCUT2D eigenvalue weighted by Crippen LogP contribution is 2.28. The molecule has 2 atom stereocenters. The molecule has 98 valence electrons. The van der Waals surface area contributed by atoms with Crippen molar-refractivity contribution < 1.29 is 4.79 Å². The third-order valence-corrected chi connectivity index (χ3v) is 5.40. The van der Waals surface area contributed by atoms with Crippen LogP contribution in [0, 0.1) is 0 Å². The zero-order chi connectivity index (χ0) is 13.3. The van der Waals surface area contributed by atoms with Gasteiger partial charge in [0.15, 0.2) is 0 Å². The number of carbonyl (C=O) groups excluding carboxylic acids is 1. The fourth-order valence-electron chi connectivity index (χ4n) is 2.08. The lowest BCUT2D eigenvalue weighted by molar-refractivity contribution is 0.0697. The van der Waals surface area contributed by atoms with Gasteiger partial charge in [-0.05, 0) is 41.1 Å². The van der Waals surface area contributed by atoms with Crippen LogP contribution in [0.3, 0.4) is 0 Å². The van der Waals surface area contributed by atoms with Gasteiger partial charge in [-0.2, -0.15) is 11.8 Å². The van der Waals surface area contributed by atoms with Crippen molar-refractivity contribution in [3.63, 3.8) is 0 Å². The van der Waals surface area contributed by atoms with Crippen LogP contribution in [-0.2, 0) is 0 Å². The molecular weight excluding hydrogens is 312 g/mol. The Hall–Kier alpha value is -0.680. The van der Waals surface area contributed by atoms with Crippen LogP contribution in [0.15, 0.2) is 22.7 Å². The number of nitrogens with zero attached hydrogens (tertiary/aromatic N) is 1. The Labute approximate surface area is 120 Å². The average Bonchev–Trinajstić information content (AvgIpc) is 2.35. The molecule has 1 amide bonds. The number of hydrogen-bond donors (Lipinski definition) is 1. The van der Waals surface area contributed by atoms with Gasteiger partial charge in [0.25, 0.3) is 5.91 Å². The van der Waals surface area contributed by atoms with Gasteiger partial charge in [0, 0.05) is 33.7 Å². The van der Waals surface area contributed by atoms with Crippen molar-refractivity contribution in [2.24, 2.45) is 0 Å². The summed E-state index contributed by atoms with van der Waals surface area (Å²) in [6.07, 6.45) is 0. The number of hydrogen-bond acceptors (Lipinski definition) is 3. The predicted octanol–water partition coefficient (Wildman–Crippen LogP) is 3.00. The first-order valence-corrected chi connectivity index (χ1v) is 7.82. The summed E-state index contributed by atoms with van der Waals surface area (Å²) < 4.78 is 0.805. The van der Waals surface area contributed by atoms with E-state index in [2.05, 4.69) is 29.8 Å². The quantitative estimate of drug-likeness (QED) is 0.806. The Morgan fingerprint density at radius 1 is 1.50 bits per heavy atom. The molecule has 1 aromatic carbocycles. The van der Waals surface area contributed by atoms with Gasteiger partial charge in [0.05, 0.1) is 5.56 Å². The van der Waals surface area contributed by atoms with Crippen molar-refractivity contribution in [2.45, 2.75) is 25.1 Å². The van der Waals surface area contributed by atoms with Gasteiger partial charge in [0.2, 0.25) is 0 Å². The molecule has 1 aromatic rings. The summed E-state index contributed by atoms with van der Waals surface area (Å²) in [7, 11) is 0. The summed E-state index contributed by atoms with van der Waals surface area (Å²) in [6.45, 7) is 5.08. The zero-order valence-corrected chi connectivity index (χ0v) is 12.9. The number of benzene rings is 1. The maximum Gasteiger partial charge on any atom is 0.255 e. The summed E-state index contributed by atoms with van der Waals surface area (Å²) in [5.74, 6) is 1.06. The predicted molar refractivity (Wildman–Crippen MR) is 81.0 cm³/mol. The van der Waals surface area contributed by atoms with E-state index in [0.717, 1.165) is 16.8 Å². The Kier molecular flexibility index (Phi) is 4.22. The second-order valence-electron chi connectivity index (χ2n) is 4.55. The summed E-state index contributed by atoms with van der Waals surface area (Å²) >= 11 is 5.34. The molecule has 1 aliphatic heterocycles. The number of amides is 1. The monoisotopic (exact) mass is 328 g/mol.